The number of aromatic nitrogens is 7. The van der Waals surface area contributed by atoms with Gasteiger partial charge >= 0.3 is 33.7 Å². The molecule has 2 aliphatic heterocycles. The number of rotatable bonds is 23. The first-order chi connectivity index (χ1) is 37.6. The fraction of sp³-hybridized carbons (Fsp3) is 0.375. The summed E-state index contributed by atoms with van der Waals surface area (Å²) in [5, 5.41) is 46.4. The number of ether oxygens (including phenoxy) is 2. The standard InChI is InChI=1S/C48H56N12O17P2/c1-57(2)29-11-14-32-35(21-29)74-36-22-30(58(3)4)12-15-33(36)39(32)31-13-10-27(20-34(31)47(65)66)45(64)50-16-17-51-48(67)72-19-7-18-59-23-28(55-56-59)8-5-6-9-38(61)76-79(70,71)77-78(68,69)73-24-37-41(62)42(63)46(75-37)60-26-54-40-43(49)52-25-53-44(40)60/h10-15,20-23,25-26,37,41-42,46,62-63H,5-9,16-19,24H2,1-4H3,(H6-,49,50,51,52,53,64,65,66,67,68,69,70,71)/p+1. The van der Waals surface area contributed by atoms with Crippen molar-refractivity contribution >= 4 is 73.2 Å². The number of anilines is 2. The maximum atomic E-state index is 13.2. The van der Waals surface area contributed by atoms with E-state index in [1.54, 1.807) is 18.3 Å². The smallest absolute Gasteiger partial charge is 0.478 e. The van der Waals surface area contributed by atoms with Gasteiger partial charge in [-0.25, -0.2) is 38.2 Å². The molecule has 79 heavy (non-hydrogen) atoms. The molecule has 420 valence electrons. The van der Waals surface area contributed by atoms with Gasteiger partial charge in [0.15, 0.2) is 17.7 Å². The van der Waals surface area contributed by atoms with E-state index >= 15 is 0 Å². The molecular weight excluding hydrogens is 1080 g/mol. The normalized spacial score (nSPS) is 17.8. The number of nitrogens with one attached hydrogen (secondary N) is 2. The number of fused-ring (bicyclic) bond motifs is 3. The van der Waals surface area contributed by atoms with Crippen molar-refractivity contribution in [2.45, 2.75) is 63.2 Å². The Balaban J connectivity index is 0.716. The minimum Gasteiger partial charge on any atom is -0.478 e. The first kappa shape index (κ1) is 57.5. The van der Waals surface area contributed by atoms with E-state index in [-0.39, 0.29) is 60.6 Å². The van der Waals surface area contributed by atoms with Crippen LogP contribution < -0.4 is 31.2 Å². The second-order valence-electron chi connectivity index (χ2n) is 18.5. The Hall–Kier alpha value is -7.72. The number of nitrogens with zero attached hydrogens (tertiary/aromatic N) is 9. The molecule has 0 saturated carbocycles. The lowest BCUT2D eigenvalue weighted by molar-refractivity contribution is -0.135. The van der Waals surface area contributed by atoms with E-state index in [0.29, 0.717) is 64.9 Å². The zero-order valence-electron chi connectivity index (χ0n) is 42.9. The fourth-order valence-corrected chi connectivity index (χ4v) is 10.5. The summed E-state index contributed by atoms with van der Waals surface area (Å²) in [7, 11) is -3.27. The predicted octanol–water partition coefficient (Wildman–Crippen LogP) is 2.67. The number of hydrogen-bond acceptors (Lipinski definition) is 21. The number of benzene rings is 3. The zero-order valence-corrected chi connectivity index (χ0v) is 44.7. The highest BCUT2D eigenvalue weighted by Crippen LogP contribution is 2.61. The molecule has 5 aromatic rings. The summed E-state index contributed by atoms with van der Waals surface area (Å²) >= 11 is 0. The van der Waals surface area contributed by atoms with E-state index < -0.39 is 70.7 Å². The number of phosphoric ester groups is 2. The van der Waals surface area contributed by atoms with Crippen molar-refractivity contribution in [2.75, 3.05) is 65.1 Å². The van der Waals surface area contributed by atoms with Crippen molar-refractivity contribution in [3.8, 4) is 22.5 Å². The van der Waals surface area contributed by atoms with Crippen LogP contribution in [0.4, 0.5) is 16.3 Å². The topological polar surface area (TPSA) is 393 Å². The molecule has 0 spiro atoms. The maximum absolute atomic E-state index is 13.2. The maximum Gasteiger partial charge on any atom is 0.538 e. The lowest BCUT2D eigenvalue weighted by atomic mass is 9.89. The van der Waals surface area contributed by atoms with E-state index in [4.69, 9.17) is 24.1 Å². The Kier molecular flexibility index (Phi) is 17.8. The largest absolute Gasteiger partial charge is 0.538 e. The third-order valence-corrected chi connectivity index (χ3v) is 15.0. The number of aromatic carboxylic acids is 1. The van der Waals surface area contributed by atoms with Gasteiger partial charge in [0.2, 0.25) is 5.36 Å². The number of carbonyl (C=O) groups excluding carboxylic acids is 3. The van der Waals surface area contributed by atoms with Crippen LogP contribution in [0.1, 0.15) is 58.3 Å². The zero-order chi connectivity index (χ0) is 56.8. The Bertz CT molecular complexity index is 3550. The van der Waals surface area contributed by atoms with Crippen LogP contribution in [0.15, 0.2) is 77.9 Å². The van der Waals surface area contributed by atoms with Gasteiger partial charge in [-0.1, -0.05) is 11.3 Å². The number of hydrogen-bond donors (Lipinski definition) is 8. The summed E-state index contributed by atoms with van der Waals surface area (Å²) in [6.07, 6.45) is -1.90. The summed E-state index contributed by atoms with van der Waals surface area (Å²) in [6.45, 7) is -0.541. The van der Waals surface area contributed by atoms with Crippen LogP contribution in [0.3, 0.4) is 0 Å². The van der Waals surface area contributed by atoms with Crippen LogP contribution in [-0.2, 0) is 49.7 Å². The first-order valence-corrected chi connectivity index (χ1v) is 27.4. The first-order valence-electron chi connectivity index (χ1n) is 24.4. The fourth-order valence-electron chi connectivity index (χ4n) is 8.48. The van der Waals surface area contributed by atoms with Gasteiger partial charge in [0, 0.05) is 92.7 Å². The number of nitrogens with two attached hydrogens (primary N) is 1. The number of amides is 2. The Morgan fingerprint density at radius 2 is 1.68 bits per heavy atom. The molecule has 5 heterocycles. The second-order valence-corrected chi connectivity index (χ2v) is 21.4. The number of carboxylic acid groups (broad SMARTS) is 1. The molecule has 9 N–H and O–H groups in total. The number of phosphoric acid groups is 2. The van der Waals surface area contributed by atoms with E-state index in [1.165, 1.54) is 21.6 Å². The predicted molar refractivity (Wildman–Crippen MR) is 279 cm³/mol. The lowest BCUT2D eigenvalue weighted by Crippen LogP contribution is -2.35. The molecule has 3 aromatic heterocycles. The highest BCUT2D eigenvalue weighted by Gasteiger charge is 2.46. The van der Waals surface area contributed by atoms with Crippen molar-refractivity contribution in [3.63, 3.8) is 0 Å². The number of nitrogen functional groups attached to an aromatic ring is 1. The third kappa shape index (κ3) is 13.9. The van der Waals surface area contributed by atoms with E-state index in [9.17, 15) is 53.4 Å². The van der Waals surface area contributed by atoms with Gasteiger partial charge in [-0.15, -0.1) is 5.10 Å². The minimum atomic E-state index is -5.49. The average Bonchev–Trinajstić information content (AvgIpc) is 4.26. The highest BCUT2D eigenvalue weighted by atomic mass is 31.3. The number of aliphatic hydroxyl groups is 2. The summed E-state index contributed by atoms with van der Waals surface area (Å²) in [5.74, 6) is -2.40. The molecular formula is C48H57N12O17P2+. The second kappa shape index (κ2) is 24.5. The van der Waals surface area contributed by atoms with Gasteiger partial charge in [0.25, 0.3) is 5.91 Å². The molecule has 3 aliphatic rings. The third-order valence-electron chi connectivity index (χ3n) is 12.4. The number of imidazole rings is 1. The van der Waals surface area contributed by atoms with Gasteiger partial charge in [0.05, 0.1) is 36.9 Å². The number of aliphatic hydroxyl groups excluding tert-OH is 2. The van der Waals surface area contributed by atoms with Crippen LogP contribution in [-0.4, -0.2) is 156 Å². The van der Waals surface area contributed by atoms with E-state index in [2.05, 4.69) is 44.7 Å². The highest BCUT2D eigenvalue weighted by molar-refractivity contribution is 7.61. The van der Waals surface area contributed by atoms with Crippen molar-refractivity contribution in [3.05, 3.63) is 95.6 Å². The number of carbonyl (C=O) groups is 4. The molecule has 0 bridgehead atoms. The van der Waals surface area contributed by atoms with Crippen molar-refractivity contribution < 1.29 is 80.7 Å². The Morgan fingerprint density at radius 1 is 0.911 bits per heavy atom. The monoisotopic (exact) mass is 1140 g/mol. The minimum absolute atomic E-state index is 0.0124. The average molecular weight is 1140 g/mol. The summed E-state index contributed by atoms with van der Waals surface area (Å²) in [5.41, 5.74) is 9.88. The van der Waals surface area contributed by atoms with E-state index in [0.717, 1.165) is 17.4 Å². The molecule has 6 unspecified atom stereocenters. The molecule has 1 saturated heterocycles. The molecule has 2 amide bonds. The quantitative estimate of drug-likeness (QED) is 0.0197. The van der Waals surface area contributed by atoms with Crippen LogP contribution in [0.25, 0.3) is 44.6 Å². The molecule has 31 heteroatoms. The van der Waals surface area contributed by atoms with Gasteiger partial charge in [0.1, 0.15) is 55.6 Å². The molecule has 1 fully saturated rings. The summed E-state index contributed by atoms with van der Waals surface area (Å²) < 4.78 is 60.2. The van der Waals surface area contributed by atoms with Gasteiger partial charge < -0.3 is 59.9 Å². The van der Waals surface area contributed by atoms with Crippen LogP contribution in [0.5, 0.6) is 0 Å². The molecule has 0 radical (unpaired) electrons. The molecule has 6 atom stereocenters. The number of unbranched alkanes of at least 4 members (excludes halogenated alkanes) is 1. The van der Waals surface area contributed by atoms with E-state index in [1.807, 2.05) is 74.1 Å². The number of carboxylic acids is 1. The van der Waals surface area contributed by atoms with Gasteiger partial charge in [-0.05, 0) is 55.2 Å². The van der Waals surface area contributed by atoms with Gasteiger partial charge in [-0.3, -0.25) is 28.3 Å². The Labute approximate surface area is 448 Å². The molecule has 8 rings (SSSR count). The lowest BCUT2D eigenvalue weighted by Gasteiger charge is -2.19. The summed E-state index contributed by atoms with van der Waals surface area (Å²) in [4.78, 5) is 84.6. The summed E-state index contributed by atoms with van der Waals surface area (Å²) in [6, 6.07) is 15.9. The van der Waals surface area contributed by atoms with Crippen molar-refractivity contribution in [1.29, 1.82) is 0 Å². The SMILES string of the molecule is CN(C)c1ccc2c(-c3ccc(C(=O)NCCNC(=O)OCCCn4cc(CCCCC(=O)OP(=O)(O)OP(=O)(O)OCC5OC(n6cnc7c(N)ncnc76)C(O)C5O)nn4)cc3C(=O)O)c3ccc(=[N+](C)C)cc-3oc2c1. The van der Waals surface area contributed by atoms with Gasteiger partial charge in [-0.2, -0.15) is 4.31 Å². The van der Waals surface area contributed by atoms with Crippen molar-refractivity contribution in [2.24, 2.45) is 0 Å². The molecule has 2 aromatic carbocycles. The van der Waals surface area contributed by atoms with Crippen LogP contribution >= 0.6 is 15.6 Å². The van der Waals surface area contributed by atoms with Crippen LogP contribution in [0, 0.1) is 0 Å². The number of aryl methyl sites for hydroxylation is 2. The van der Waals surface area contributed by atoms with Crippen molar-refractivity contribution in [1.82, 2.24) is 49.7 Å². The molecule has 29 nitrogen and oxygen atoms in total. The van der Waals surface area contributed by atoms with Crippen LogP contribution in [0.2, 0.25) is 0 Å². The molecule has 1 aliphatic carbocycles. The number of alkyl carbamates (subject to hydrolysis) is 1. The Morgan fingerprint density at radius 3 is 2.44 bits per heavy atom.